The minimum absolute atomic E-state index is 0.0216. The summed E-state index contributed by atoms with van der Waals surface area (Å²) in [6.45, 7) is 7.81. The number of aromatic nitrogens is 1. The summed E-state index contributed by atoms with van der Waals surface area (Å²) in [6.07, 6.45) is 6.59. The molecule has 16 heteroatoms. The Balaban J connectivity index is 1.58. The van der Waals surface area contributed by atoms with Gasteiger partial charge < -0.3 is 42.0 Å². The number of ether oxygens (including phenoxy) is 1. The van der Waals surface area contributed by atoms with E-state index in [1.165, 1.54) is 24.5 Å². The van der Waals surface area contributed by atoms with E-state index >= 15 is 0 Å². The molecule has 0 atom stereocenters. The summed E-state index contributed by atoms with van der Waals surface area (Å²) < 4.78 is 5.82. The number of piperidine rings is 1. The number of para-hydroxylation sites is 1. The average Bonchev–Trinajstić information content (AvgIpc) is 3.76. The van der Waals surface area contributed by atoms with Crippen LogP contribution in [0.5, 0.6) is 5.75 Å². The van der Waals surface area contributed by atoms with Gasteiger partial charge in [-0.25, -0.2) is 4.98 Å². The van der Waals surface area contributed by atoms with Gasteiger partial charge in [0, 0.05) is 31.1 Å². The van der Waals surface area contributed by atoms with Crippen molar-refractivity contribution in [2.24, 2.45) is 17.4 Å². The van der Waals surface area contributed by atoms with Gasteiger partial charge in [0.25, 0.3) is 11.8 Å². The highest BCUT2D eigenvalue weighted by molar-refractivity contribution is 7.17. The number of nitrogens with two attached hydrogens (primary N) is 2. The molecule has 0 radical (unpaired) electrons. The number of rotatable bonds is 13. The van der Waals surface area contributed by atoms with Crippen LogP contribution in [-0.4, -0.2) is 101 Å². The molecular formula is C30H45B3N8O4S. The van der Waals surface area contributed by atoms with Crippen molar-refractivity contribution >= 4 is 58.3 Å². The summed E-state index contributed by atoms with van der Waals surface area (Å²) in [5.41, 5.74) is 13.7. The van der Waals surface area contributed by atoms with E-state index in [1.807, 2.05) is 40.6 Å². The molecule has 2 fully saturated rings. The standard InChI is InChI=1S/C30H45B3N8O4S/c1-4-40(5-2)18-11-13-41(14-12-18)29(44)22-16-36-28(46-22)19-7-6-8-20(25(19)45-3)37-21(24(35)27(43)39-30(31,32)33)15-23(34)38-26(42)17-9-10-17/h6-8,15-18,37H,4-5,9-14,31-35H2,1-3H3,(H,38,42)(H,39,43)/b23-15+,24-21+. The van der Waals surface area contributed by atoms with Crippen molar-refractivity contribution in [3.8, 4) is 16.3 Å². The Morgan fingerprint density at radius 3 is 2.39 bits per heavy atom. The van der Waals surface area contributed by atoms with Crippen molar-refractivity contribution < 1.29 is 19.1 Å². The highest BCUT2D eigenvalue weighted by Gasteiger charge is 2.30. The summed E-state index contributed by atoms with van der Waals surface area (Å²) >= 11 is 1.30. The van der Waals surface area contributed by atoms with Crippen molar-refractivity contribution in [3.63, 3.8) is 0 Å². The number of hydrogen-bond donors (Lipinski definition) is 5. The number of methoxy groups -OCH3 is 1. The Bertz CT molecular complexity index is 1490. The normalized spacial score (nSPS) is 16.5. The lowest BCUT2D eigenvalue weighted by atomic mass is 9.49. The number of hydrogen-bond acceptors (Lipinski definition) is 10. The molecule has 0 spiro atoms. The number of thiazole rings is 1. The molecule has 0 bridgehead atoms. The molecule has 1 saturated heterocycles. The first kappa shape index (κ1) is 35.0. The number of likely N-dealkylation sites (tertiary alicyclic amines) is 1. The van der Waals surface area contributed by atoms with Gasteiger partial charge in [-0.05, 0) is 56.1 Å². The van der Waals surface area contributed by atoms with E-state index in [0.29, 0.717) is 46.0 Å². The molecule has 1 aliphatic heterocycles. The molecule has 1 aromatic heterocycles. The predicted molar refractivity (Wildman–Crippen MR) is 190 cm³/mol. The molecule has 7 N–H and O–H groups in total. The van der Waals surface area contributed by atoms with Crippen LogP contribution >= 0.6 is 11.3 Å². The maximum Gasteiger partial charge on any atom is 0.267 e. The summed E-state index contributed by atoms with van der Waals surface area (Å²) in [6, 6.07) is 5.93. The van der Waals surface area contributed by atoms with Crippen LogP contribution in [0.1, 0.15) is 49.2 Å². The van der Waals surface area contributed by atoms with E-state index in [1.54, 1.807) is 12.3 Å². The first-order valence-corrected chi connectivity index (χ1v) is 16.7. The van der Waals surface area contributed by atoms with Gasteiger partial charge in [-0.2, -0.15) is 0 Å². The third kappa shape index (κ3) is 8.88. The minimum Gasteiger partial charge on any atom is -0.494 e. The number of nitrogens with one attached hydrogen (secondary N) is 3. The van der Waals surface area contributed by atoms with Crippen LogP contribution in [0.4, 0.5) is 5.69 Å². The van der Waals surface area contributed by atoms with E-state index in [9.17, 15) is 14.4 Å². The third-order valence-corrected chi connectivity index (χ3v) is 9.07. The van der Waals surface area contributed by atoms with Gasteiger partial charge in [-0.3, -0.25) is 14.4 Å². The average molecular weight is 646 g/mol. The lowest BCUT2D eigenvalue weighted by Gasteiger charge is -2.37. The number of carbonyl (C=O) groups is 3. The smallest absolute Gasteiger partial charge is 0.267 e. The second-order valence-corrected chi connectivity index (χ2v) is 13.7. The highest BCUT2D eigenvalue weighted by atomic mass is 32.1. The van der Waals surface area contributed by atoms with Crippen LogP contribution in [0.3, 0.4) is 0 Å². The number of nitrogens with zero attached hydrogens (tertiary/aromatic N) is 3. The lowest BCUT2D eigenvalue weighted by molar-refractivity contribution is -0.121. The lowest BCUT2D eigenvalue weighted by Crippen LogP contribution is -2.51. The fourth-order valence-electron chi connectivity index (χ4n) is 5.49. The summed E-state index contributed by atoms with van der Waals surface area (Å²) in [5, 5.41) is 8.79. The Labute approximate surface area is 278 Å². The van der Waals surface area contributed by atoms with E-state index in [4.69, 9.17) is 16.2 Å². The van der Waals surface area contributed by atoms with E-state index < -0.39 is 11.1 Å². The molecule has 3 amide bonds. The van der Waals surface area contributed by atoms with Gasteiger partial charge >= 0.3 is 0 Å². The molecule has 244 valence electrons. The molecular weight excluding hydrogens is 601 g/mol. The van der Waals surface area contributed by atoms with Crippen LogP contribution in [0.25, 0.3) is 10.6 Å². The van der Waals surface area contributed by atoms with Crippen LogP contribution < -0.4 is 32.2 Å². The number of amides is 3. The minimum atomic E-state index is -0.541. The van der Waals surface area contributed by atoms with Gasteiger partial charge in [-0.15, -0.1) is 11.3 Å². The topological polar surface area (TPSA) is 168 Å². The maximum atomic E-state index is 13.4. The molecule has 2 heterocycles. The highest BCUT2D eigenvalue weighted by Crippen LogP contribution is 2.39. The number of allylic oxidation sites excluding steroid dienone is 1. The fraction of sp³-hybridized carbons (Fsp3) is 0.467. The summed E-state index contributed by atoms with van der Waals surface area (Å²) in [7, 11) is 7.07. The zero-order valence-corrected chi connectivity index (χ0v) is 28.6. The fourth-order valence-corrected chi connectivity index (χ4v) is 6.40. The SMILES string of the molecule is BC(B)(B)NC(=O)/C(N)=C(/C=C(\N)NC(=O)C1CC1)Nc1cccc(-c2ncc(C(=O)N3CCC(N(CC)CC)CC3)s2)c1OC. The van der Waals surface area contributed by atoms with Crippen LogP contribution in [-0.2, 0) is 9.59 Å². The van der Waals surface area contributed by atoms with E-state index in [2.05, 4.69) is 39.7 Å². The Hall–Kier alpha value is -3.91. The largest absolute Gasteiger partial charge is 0.494 e. The zero-order valence-electron chi connectivity index (χ0n) is 27.7. The maximum absolute atomic E-state index is 13.4. The predicted octanol–water partition coefficient (Wildman–Crippen LogP) is -0.700. The van der Waals surface area contributed by atoms with Crippen molar-refractivity contribution in [2.75, 3.05) is 38.6 Å². The number of anilines is 1. The monoisotopic (exact) mass is 646 g/mol. The molecule has 2 aliphatic rings. The second-order valence-electron chi connectivity index (χ2n) is 12.7. The molecule has 12 nitrogen and oxygen atoms in total. The number of carbonyl (C=O) groups excluding carboxylic acids is 3. The Morgan fingerprint density at radius 2 is 1.80 bits per heavy atom. The molecule has 1 saturated carbocycles. The van der Waals surface area contributed by atoms with E-state index in [-0.39, 0.29) is 34.9 Å². The van der Waals surface area contributed by atoms with Crippen molar-refractivity contribution in [1.82, 2.24) is 25.4 Å². The van der Waals surface area contributed by atoms with Gasteiger partial charge in [0.15, 0.2) is 5.75 Å². The van der Waals surface area contributed by atoms with Gasteiger partial charge in [0.1, 0.15) is 44.9 Å². The van der Waals surface area contributed by atoms with Crippen molar-refractivity contribution in [3.05, 3.63) is 52.6 Å². The van der Waals surface area contributed by atoms with Gasteiger partial charge in [-0.1, -0.05) is 19.9 Å². The van der Waals surface area contributed by atoms with Crippen molar-refractivity contribution in [2.45, 2.75) is 50.8 Å². The Morgan fingerprint density at radius 1 is 1.13 bits per heavy atom. The molecule has 0 unspecified atom stereocenters. The number of benzene rings is 1. The quantitative estimate of drug-likeness (QED) is 0.107. The first-order valence-electron chi connectivity index (χ1n) is 15.9. The molecule has 46 heavy (non-hydrogen) atoms. The van der Waals surface area contributed by atoms with Gasteiger partial charge in [0.05, 0.1) is 30.3 Å². The molecule has 4 rings (SSSR count). The summed E-state index contributed by atoms with van der Waals surface area (Å²) in [4.78, 5) is 48.3. The second kappa shape index (κ2) is 15.1. The zero-order chi connectivity index (χ0) is 33.6. The first-order chi connectivity index (χ1) is 21.8. The third-order valence-electron chi connectivity index (χ3n) is 8.05. The van der Waals surface area contributed by atoms with Crippen LogP contribution in [0.2, 0.25) is 0 Å². The molecule has 2 aromatic rings. The molecule has 1 aliphatic carbocycles. The Kier molecular flexibility index (Phi) is 11.5. The van der Waals surface area contributed by atoms with Crippen LogP contribution in [0.15, 0.2) is 47.7 Å². The van der Waals surface area contributed by atoms with E-state index in [0.717, 1.165) is 38.8 Å². The molecule has 1 aromatic carbocycles. The van der Waals surface area contributed by atoms with Crippen molar-refractivity contribution in [1.29, 1.82) is 0 Å². The van der Waals surface area contributed by atoms with Gasteiger partial charge in [0.2, 0.25) is 5.91 Å². The van der Waals surface area contributed by atoms with Crippen LogP contribution in [0, 0.1) is 5.92 Å². The summed E-state index contributed by atoms with van der Waals surface area (Å²) in [5.74, 6) is -0.275.